The van der Waals surface area contributed by atoms with Gasteiger partial charge in [0.2, 0.25) is 0 Å². The molecule has 5 heteroatoms. The molecule has 1 aromatic carbocycles. The summed E-state index contributed by atoms with van der Waals surface area (Å²) in [6, 6.07) is 5.81. The first-order valence-electron chi connectivity index (χ1n) is 6.40. The van der Waals surface area contributed by atoms with Gasteiger partial charge in [-0.2, -0.15) is 0 Å². The molecular weight excluding hydrogens is 360 g/mol. The molecule has 4 rings (SSSR count). The van der Waals surface area contributed by atoms with Crippen LogP contribution in [0.3, 0.4) is 0 Å². The number of aliphatic imine (C=N–C) groups is 1. The maximum absolute atomic E-state index is 9.88. The monoisotopic (exact) mass is 375 g/mol. The number of phenolic OH excluding ortho intramolecular Hbond substituents is 1. The van der Waals surface area contributed by atoms with Crippen LogP contribution in [0.4, 0.5) is 0 Å². The van der Waals surface area contributed by atoms with Gasteiger partial charge < -0.3 is 5.11 Å². The van der Waals surface area contributed by atoms with Crippen molar-refractivity contribution in [2.24, 2.45) is 10.9 Å². The third kappa shape index (κ3) is 3.62. The number of nitrogens with zero attached hydrogens (tertiary/aromatic N) is 1. The first-order chi connectivity index (χ1) is 9.10. The Morgan fingerprint density at radius 3 is 2.68 bits per heavy atom. The second-order valence-electron chi connectivity index (χ2n) is 5.38. The van der Waals surface area contributed by atoms with Gasteiger partial charge >= 0.3 is 37.9 Å². The summed E-state index contributed by atoms with van der Waals surface area (Å²) in [4.78, 5) is 4.71. The quantitative estimate of drug-likeness (QED) is 0.760. The van der Waals surface area contributed by atoms with Crippen LogP contribution in [0.2, 0.25) is 0 Å². The van der Waals surface area contributed by atoms with Crippen molar-refractivity contribution in [3.05, 3.63) is 29.3 Å². The average Bonchev–Trinajstić information content (AvgIpc) is 2.92. The van der Waals surface area contributed by atoms with Crippen molar-refractivity contribution in [1.82, 2.24) is 0 Å². The molecule has 0 amide bonds. The van der Waals surface area contributed by atoms with E-state index < -0.39 is 20.8 Å². The van der Waals surface area contributed by atoms with E-state index in [1.165, 1.54) is 25.7 Å². The van der Waals surface area contributed by atoms with Crippen LogP contribution < -0.4 is 0 Å². The minimum absolute atomic E-state index is 0.237. The summed E-state index contributed by atoms with van der Waals surface area (Å²) >= 11 is -0.826. The molecule has 0 saturated heterocycles. The van der Waals surface area contributed by atoms with Gasteiger partial charge in [0, 0.05) is 11.8 Å². The Bertz CT molecular complexity index is 467. The number of hydrogen-bond donors (Lipinski definition) is 1. The van der Waals surface area contributed by atoms with Crippen molar-refractivity contribution in [3.63, 3.8) is 0 Å². The summed E-state index contributed by atoms with van der Waals surface area (Å²) in [5, 5.41) is 9.88. The summed E-state index contributed by atoms with van der Waals surface area (Å²) in [5.74, 6) is 1.31. The van der Waals surface area contributed by atoms with Gasteiger partial charge in [0.15, 0.2) is 0 Å². The molecule has 0 aliphatic heterocycles. The van der Waals surface area contributed by atoms with Gasteiger partial charge in [-0.3, -0.25) is 4.99 Å². The molecule has 102 valence electrons. The SMILES string of the molecule is Cc1cccc(C=NC23CCC(C2)C3)c1O.[Cl][Zr][Cl]. The Morgan fingerprint density at radius 1 is 1.42 bits per heavy atom. The van der Waals surface area contributed by atoms with Gasteiger partial charge in [-0.1, -0.05) is 12.1 Å². The number of benzene rings is 1. The van der Waals surface area contributed by atoms with Crippen molar-refractivity contribution < 1.29 is 26.0 Å². The normalized spacial score (nSPS) is 27.6. The first-order valence-corrected chi connectivity index (χ1v) is 12.7. The molecule has 1 N–H and O–H groups in total. The Morgan fingerprint density at radius 2 is 2.11 bits per heavy atom. The number of rotatable bonds is 2. The second kappa shape index (κ2) is 6.74. The molecule has 0 unspecified atom stereocenters. The molecule has 0 spiro atoms. The number of halogens is 2. The van der Waals surface area contributed by atoms with Crippen LogP contribution in [0.1, 0.15) is 36.8 Å². The van der Waals surface area contributed by atoms with Gasteiger partial charge in [0.05, 0.1) is 5.54 Å². The summed E-state index contributed by atoms with van der Waals surface area (Å²) in [6.45, 7) is 1.92. The number of aromatic hydroxyl groups is 1. The molecule has 0 aromatic heterocycles. The molecule has 0 radical (unpaired) electrons. The summed E-state index contributed by atoms with van der Waals surface area (Å²) in [6.07, 6.45) is 6.97. The van der Waals surface area contributed by atoms with Gasteiger partial charge in [-0.25, -0.2) is 0 Å². The first kappa shape index (κ1) is 15.5. The van der Waals surface area contributed by atoms with Crippen molar-refractivity contribution in [2.45, 2.75) is 38.1 Å². The number of fused-ring (bicyclic) bond motifs is 1. The zero-order valence-electron chi connectivity index (χ0n) is 10.9. The molecule has 3 aliphatic carbocycles. The van der Waals surface area contributed by atoms with Crippen molar-refractivity contribution in [3.8, 4) is 5.75 Å². The predicted octanol–water partition coefficient (Wildman–Crippen LogP) is 4.44. The third-order valence-electron chi connectivity index (χ3n) is 4.10. The van der Waals surface area contributed by atoms with Crippen LogP contribution in [0.25, 0.3) is 0 Å². The standard InChI is InChI=1S/C14H17NO.2ClH.Zr/c1-10-3-2-4-12(13(10)16)9-15-14-6-5-11(7-14)8-14;;;/h2-4,9,11,16H,5-8H2,1H3;2*1H;/q;;;+2/p-2. The predicted molar refractivity (Wildman–Crippen MR) is 76.8 cm³/mol. The molecule has 0 atom stereocenters. The molecule has 2 nitrogen and oxygen atoms in total. The van der Waals surface area contributed by atoms with E-state index in [-0.39, 0.29) is 5.54 Å². The molecule has 0 heterocycles. The zero-order chi connectivity index (χ0) is 13.9. The van der Waals surface area contributed by atoms with Gasteiger partial charge in [0.1, 0.15) is 5.75 Å². The zero-order valence-corrected chi connectivity index (χ0v) is 14.8. The van der Waals surface area contributed by atoms with Crippen LogP contribution in [0.15, 0.2) is 23.2 Å². The van der Waals surface area contributed by atoms with E-state index in [1.54, 1.807) is 0 Å². The van der Waals surface area contributed by atoms with Gasteiger partial charge in [-0.15, -0.1) is 0 Å². The Balaban J connectivity index is 0.000000408. The summed E-state index contributed by atoms with van der Waals surface area (Å²) < 4.78 is 0. The topological polar surface area (TPSA) is 32.6 Å². The number of hydrogen-bond acceptors (Lipinski definition) is 2. The molecular formula is C14H17Cl2NOZr. The molecule has 1 aromatic rings. The van der Waals surface area contributed by atoms with E-state index in [4.69, 9.17) is 22.0 Å². The molecule has 19 heavy (non-hydrogen) atoms. The fourth-order valence-electron chi connectivity index (χ4n) is 3.06. The van der Waals surface area contributed by atoms with E-state index in [2.05, 4.69) is 0 Å². The fourth-order valence-corrected chi connectivity index (χ4v) is 3.06. The number of aryl methyl sites for hydroxylation is 1. The van der Waals surface area contributed by atoms with Crippen LogP contribution in [0, 0.1) is 12.8 Å². The van der Waals surface area contributed by atoms with Crippen molar-refractivity contribution in [2.75, 3.05) is 0 Å². The van der Waals surface area contributed by atoms with E-state index in [9.17, 15) is 5.11 Å². The van der Waals surface area contributed by atoms with E-state index in [0.29, 0.717) is 5.75 Å². The van der Waals surface area contributed by atoms with E-state index in [0.717, 1.165) is 17.0 Å². The number of phenols is 1. The van der Waals surface area contributed by atoms with E-state index in [1.807, 2.05) is 31.3 Å². The second-order valence-corrected chi connectivity index (χ2v) is 9.11. The van der Waals surface area contributed by atoms with Crippen molar-refractivity contribution in [1.29, 1.82) is 0 Å². The van der Waals surface area contributed by atoms with Crippen LogP contribution in [-0.4, -0.2) is 16.9 Å². The molecule has 2 bridgehead atoms. The average molecular weight is 377 g/mol. The van der Waals surface area contributed by atoms with Gasteiger partial charge in [-0.05, 0) is 50.2 Å². The van der Waals surface area contributed by atoms with Crippen LogP contribution in [-0.2, 0) is 20.8 Å². The summed E-state index contributed by atoms with van der Waals surface area (Å²) in [7, 11) is 9.87. The van der Waals surface area contributed by atoms with Crippen LogP contribution >= 0.6 is 17.0 Å². The number of para-hydroxylation sites is 1. The molecule has 3 aliphatic rings. The van der Waals surface area contributed by atoms with Crippen LogP contribution in [0.5, 0.6) is 5.75 Å². The molecule has 3 saturated carbocycles. The fraction of sp³-hybridized carbons (Fsp3) is 0.500. The maximum atomic E-state index is 9.88. The third-order valence-corrected chi connectivity index (χ3v) is 4.10. The Kier molecular flexibility index (Phi) is 5.51. The Hall–Kier alpha value is 0.153. The molecule has 3 fully saturated rings. The van der Waals surface area contributed by atoms with Crippen molar-refractivity contribution >= 4 is 23.2 Å². The van der Waals surface area contributed by atoms with E-state index >= 15 is 0 Å². The minimum atomic E-state index is -0.826. The Labute approximate surface area is 132 Å². The van der Waals surface area contributed by atoms with Gasteiger partial charge in [0.25, 0.3) is 0 Å². The summed E-state index contributed by atoms with van der Waals surface area (Å²) in [5.41, 5.74) is 2.00.